The highest BCUT2D eigenvalue weighted by atomic mass is 16.5. The smallest absolute Gasteiger partial charge is 0.228 e. The van der Waals surface area contributed by atoms with Crippen molar-refractivity contribution in [3.8, 4) is 11.3 Å². The number of rotatable bonds is 6. The zero-order chi connectivity index (χ0) is 19.1. The van der Waals surface area contributed by atoms with E-state index >= 15 is 0 Å². The zero-order valence-corrected chi connectivity index (χ0v) is 15.7. The van der Waals surface area contributed by atoms with Crippen molar-refractivity contribution in [2.75, 3.05) is 12.4 Å². The third-order valence-electron chi connectivity index (χ3n) is 5.21. The highest BCUT2D eigenvalue weighted by Crippen LogP contribution is 2.41. The number of pyridine rings is 1. The Balaban J connectivity index is 1.43. The quantitative estimate of drug-likeness (QED) is 0.552. The number of aryl methyl sites for hydroxylation is 1. The van der Waals surface area contributed by atoms with Gasteiger partial charge in [-0.05, 0) is 31.0 Å². The average Bonchev–Trinajstić information content (AvgIpc) is 3.22. The maximum Gasteiger partial charge on any atom is 0.228 e. The van der Waals surface area contributed by atoms with Crippen LogP contribution in [0.15, 0.2) is 42.9 Å². The molecule has 0 aromatic carbocycles. The van der Waals surface area contributed by atoms with E-state index in [1.807, 2.05) is 41.9 Å². The van der Waals surface area contributed by atoms with Gasteiger partial charge in [0.2, 0.25) is 5.95 Å². The lowest BCUT2D eigenvalue weighted by Gasteiger charge is -2.11. The summed E-state index contributed by atoms with van der Waals surface area (Å²) in [6.45, 7) is 0. The lowest BCUT2D eigenvalue weighted by atomic mass is 10.2. The summed E-state index contributed by atoms with van der Waals surface area (Å²) < 4.78 is 9.36. The van der Waals surface area contributed by atoms with Crippen LogP contribution in [0.3, 0.4) is 0 Å². The van der Waals surface area contributed by atoms with E-state index < -0.39 is 0 Å². The molecule has 1 saturated carbocycles. The fourth-order valence-electron chi connectivity index (χ4n) is 3.29. The summed E-state index contributed by atoms with van der Waals surface area (Å²) in [6.07, 6.45) is 8.36. The minimum absolute atomic E-state index is 0.0549. The van der Waals surface area contributed by atoms with Crippen LogP contribution in [0.25, 0.3) is 16.9 Å². The summed E-state index contributed by atoms with van der Waals surface area (Å²) in [5, 5.41) is 16.0. The molecule has 0 spiro atoms. The van der Waals surface area contributed by atoms with Crippen molar-refractivity contribution < 1.29 is 4.74 Å². The van der Waals surface area contributed by atoms with Gasteiger partial charge in [0.15, 0.2) is 5.65 Å². The number of hydrogen-bond donors (Lipinski definition) is 1. The van der Waals surface area contributed by atoms with E-state index in [1.54, 1.807) is 24.2 Å². The van der Waals surface area contributed by atoms with Gasteiger partial charge in [-0.25, -0.2) is 9.97 Å². The Bertz CT molecular complexity index is 1140. The highest BCUT2D eigenvalue weighted by molar-refractivity contribution is 5.65. The van der Waals surface area contributed by atoms with Gasteiger partial charge in [0, 0.05) is 44.6 Å². The molecular formula is C19H20N8O. The van der Waals surface area contributed by atoms with Gasteiger partial charge in [0.05, 0.1) is 17.5 Å². The standard InChI is InChI=1S/C19H20N8O/c1-26-15(4-9-21-26)23-18-20-8-3-14(22-18)13-5-10-27-16(11-13)24-25-17(27)12-19(28-2)6-7-19/h3-5,8-11H,6-7,12H2,1-2H3,(H,20,22,23). The molecular weight excluding hydrogens is 356 g/mol. The second kappa shape index (κ2) is 6.38. The van der Waals surface area contributed by atoms with Crippen molar-refractivity contribution in [1.29, 1.82) is 0 Å². The molecule has 4 heterocycles. The molecule has 28 heavy (non-hydrogen) atoms. The second-order valence-corrected chi connectivity index (χ2v) is 7.05. The Morgan fingerprint density at radius 1 is 1.18 bits per heavy atom. The van der Waals surface area contributed by atoms with Crippen LogP contribution in [0.1, 0.15) is 18.7 Å². The first-order chi connectivity index (χ1) is 13.7. The molecule has 9 heteroatoms. The second-order valence-electron chi connectivity index (χ2n) is 7.05. The van der Waals surface area contributed by atoms with Crippen molar-refractivity contribution in [2.45, 2.75) is 24.9 Å². The van der Waals surface area contributed by atoms with Crippen LogP contribution >= 0.6 is 0 Å². The van der Waals surface area contributed by atoms with Gasteiger partial charge in [0.1, 0.15) is 11.6 Å². The van der Waals surface area contributed by atoms with Crippen LogP contribution in [0.5, 0.6) is 0 Å². The van der Waals surface area contributed by atoms with Gasteiger partial charge in [-0.3, -0.25) is 9.08 Å². The molecule has 5 rings (SSSR count). The zero-order valence-electron chi connectivity index (χ0n) is 15.7. The minimum Gasteiger partial charge on any atom is -0.378 e. The first-order valence-corrected chi connectivity index (χ1v) is 9.13. The number of fused-ring (bicyclic) bond motifs is 1. The van der Waals surface area contributed by atoms with Crippen molar-refractivity contribution >= 4 is 17.4 Å². The van der Waals surface area contributed by atoms with E-state index in [-0.39, 0.29) is 5.60 Å². The lowest BCUT2D eigenvalue weighted by Crippen LogP contribution is -2.17. The Hall–Kier alpha value is -3.33. The molecule has 1 fully saturated rings. The molecule has 0 bridgehead atoms. The van der Waals surface area contributed by atoms with Crippen LogP contribution < -0.4 is 5.32 Å². The molecule has 4 aromatic heterocycles. The van der Waals surface area contributed by atoms with Gasteiger partial charge < -0.3 is 10.1 Å². The summed E-state index contributed by atoms with van der Waals surface area (Å²) in [4.78, 5) is 8.91. The topological polar surface area (TPSA) is 95.0 Å². The molecule has 0 aliphatic heterocycles. The van der Waals surface area contributed by atoms with Crippen LogP contribution in [0, 0.1) is 0 Å². The SMILES string of the molecule is COC1(Cc2nnc3cc(-c4ccnc(Nc5ccnn5C)n4)ccn23)CC1. The van der Waals surface area contributed by atoms with Gasteiger partial charge >= 0.3 is 0 Å². The molecule has 142 valence electrons. The Morgan fingerprint density at radius 2 is 2.07 bits per heavy atom. The summed E-state index contributed by atoms with van der Waals surface area (Å²) in [5.74, 6) is 2.25. The predicted molar refractivity (Wildman–Crippen MR) is 103 cm³/mol. The van der Waals surface area contributed by atoms with E-state index in [2.05, 4.69) is 30.6 Å². The number of methoxy groups -OCH3 is 1. The van der Waals surface area contributed by atoms with E-state index in [1.165, 1.54) is 0 Å². The fraction of sp³-hybridized carbons (Fsp3) is 0.316. The van der Waals surface area contributed by atoms with Crippen LogP contribution in [-0.4, -0.2) is 47.1 Å². The van der Waals surface area contributed by atoms with Gasteiger partial charge in [-0.2, -0.15) is 5.10 Å². The Kier molecular flexibility index (Phi) is 3.83. The monoisotopic (exact) mass is 376 g/mol. The summed E-state index contributed by atoms with van der Waals surface area (Å²) in [6, 6.07) is 7.75. The predicted octanol–water partition coefficient (Wildman–Crippen LogP) is 2.38. The van der Waals surface area contributed by atoms with Crippen LogP contribution in [-0.2, 0) is 18.2 Å². The molecule has 0 atom stereocenters. The van der Waals surface area contributed by atoms with E-state index in [0.717, 1.165) is 47.8 Å². The lowest BCUT2D eigenvalue weighted by molar-refractivity contribution is 0.0788. The minimum atomic E-state index is -0.0549. The third kappa shape index (κ3) is 2.99. The molecule has 0 saturated heterocycles. The number of aromatic nitrogens is 7. The maximum absolute atomic E-state index is 5.62. The number of ether oxygens (including phenoxy) is 1. The molecule has 1 aliphatic carbocycles. The van der Waals surface area contributed by atoms with E-state index in [9.17, 15) is 0 Å². The molecule has 0 unspecified atom stereocenters. The molecule has 9 nitrogen and oxygen atoms in total. The molecule has 1 aliphatic rings. The largest absolute Gasteiger partial charge is 0.378 e. The third-order valence-corrected chi connectivity index (χ3v) is 5.21. The van der Waals surface area contributed by atoms with E-state index in [4.69, 9.17) is 4.74 Å². The average molecular weight is 376 g/mol. The van der Waals surface area contributed by atoms with Gasteiger partial charge in [0.25, 0.3) is 0 Å². The highest BCUT2D eigenvalue weighted by Gasteiger charge is 2.44. The van der Waals surface area contributed by atoms with E-state index in [0.29, 0.717) is 5.95 Å². The van der Waals surface area contributed by atoms with Crippen LogP contribution in [0.4, 0.5) is 11.8 Å². The summed E-state index contributed by atoms with van der Waals surface area (Å²) in [5.41, 5.74) is 2.50. The summed E-state index contributed by atoms with van der Waals surface area (Å²) >= 11 is 0. The van der Waals surface area contributed by atoms with Crippen molar-refractivity contribution in [1.82, 2.24) is 34.3 Å². The Morgan fingerprint density at radius 3 is 2.82 bits per heavy atom. The molecule has 0 radical (unpaired) electrons. The molecule has 4 aromatic rings. The Labute approximate surface area is 161 Å². The molecule has 1 N–H and O–H groups in total. The normalized spacial score (nSPS) is 15.1. The first kappa shape index (κ1) is 16.8. The maximum atomic E-state index is 5.62. The first-order valence-electron chi connectivity index (χ1n) is 9.13. The number of anilines is 2. The van der Waals surface area contributed by atoms with Gasteiger partial charge in [-0.15, -0.1) is 10.2 Å². The molecule has 0 amide bonds. The summed E-state index contributed by atoms with van der Waals surface area (Å²) in [7, 11) is 3.62. The number of nitrogens with zero attached hydrogens (tertiary/aromatic N) is 7. The number of hydrogen-bond acceptors (Lipinski definition) is 7. The van der Waals surface area contributed by atoms with Gasteiger partial charge in [-0.1, -0.05) is 0 Å². The van der Waals surface area contributed by atoms with Crippen molar-refractivity contribution in [3.63, 3.8) is 0 Å². The fourth-order valence-corrected chi connectivity index (χ4v) is 3.29. The van der Waals surface area contributed by atoms with Crippen molar-refractivity contribution in [3.05, 3.63) is 48.7 Å². The number of nitrogens with one attached hydrogen (secondary N) is 1. The van der Waals surface area contributed by atoms with Crippen molar-refractivity contribution in [2.24, 2.45) is 7.05 Å². The van der Waals surface area contributed by atoms with Crippen LogP contribution in [0.2, 0.25) is 0 Å².